The molecule has 0 aliphatic carbocycles. The average molecular weight is 343 g/mol. The summed E-state index contributed by atoms with van der Waals surface area (Å²) in [4.78, 5) is 24.5. The molecule has 132 valence electrons. The third-order valence-electron chi connectivity index (χ3n) is 3.46. The van der Waals surface area contributed by atoms with Gasteiger partial charge in [0.25, 0.3) is 0 Å². The van der Waals surface area contributed by atoms with Crippen LogP contribution in [0.25, 0.3) is 0 Å². The SMILES string of the molecule is C#CC(CC)(CC)NC(=O)[C@H](CCSC)NC(=O)OC(C)(C)C. The lowest BCUT2D eigenvalue weighted by molar-refractivity contribution is -0.124. The van der Waals surface area contributed by atoms with E-state index >= 15 is 0 Å². The van der Waals surface area contributed by atoms with E-state index in [1.807, 2.05) is 20.1 Å². The van der Waals surface area contributed by atoms with Crippen molar-refractivity contribution in [3.63, 3.8) is 0 Å². The minimum absolute atomic E-state index is 0.272. The van der Waals surface area contributed by atoms with Crippen LogP contribution in [-0.4, -0.2) is 41.2 Å². The molecular weight excluding hydrogens is 312 g/mol. The molecule has 5 nitrogen and oxygen atoms in total. The molecule has 0 aromatic carbocycles. The first-order valence-corrected chi connectivity index (χ1v) is 9.30. The fraction of sp³-hybridized carbons (Fsp3) is 0.765. The quantitative estimate of drug-likeness (QED) is 0.666. The van der Waals surface area contributed by atoms with E-state index < -0.39 is 23.3 Å². The second-order valence-corrected chi connectivity index (χ2v) is 7.39. The monoisotopic (exact) mass is 342 g/mol. The van der Waals surface area contributed by atoms with E-state index in [9.17, 15) is 9.59 Å². The van der Waals surface area contributed by atoms with Crippen LogP contribution in [0.15, 0.2) is 0 Å². The zero-order valence-electron chi connectivity index (χ0n) is 15.1. The Labute approximate surface area is 144 Å². The number of hydrogen-bond acceptors (Lipinski definition) is 4. The summed E-state index contributed by atoms with van der Waals surface area (Å²) in [6, 6.07) is -0.664. The molecule has 0 heterocycles. The van der Waals surface area contributed by atoms with E-state index in [4.69, 9.17) is 11.2 Å². The average Bonchev–Trinajstić information content (AvgIpc) is 2.47. The van der Waals surface area contributed by atoms with Crippen molar-refractivity contribution in [2.45, 2.75) is 71.1 Å². The Hall–Kier alpha value is -1.35. The number of thioether (sulfide) groups is 1. The van der Waals surface area contributed by atoms with Gasteiger partial charge in [-0.05, 0) is 52.0 Å². The Morgan fingerprint density at radius 3 is 2.22 bits per heavy atom. The molecule has 0 bridgehead atoms. The molecule has 2 amide bonds. The minimum Gasteiger partial charge on any atom is -0.444 e. The molecule has 0 saturated heterocycles. The van der Waals surface area contributed by atoms with E-state index in [-0.39, 0.29) is 5.91 Å². The largest absolute Gasteiger partial charge is 0.444 e. The minimum atomic E-state index is -0.676. The van der Waals surface area contributed by atoms with Crippen molar-refractivity contribution in [3.05, 3.63) is 0 Å². The van der Waals surface area contributed by atoms with E-state index in [1.165, 1.54) is 0 Å². The number of carbonyl (C=O) groups excluding carboxylic acids is 2. The number of hydrogen-bond donors (Lipinski definition) is 2. The van der Waals surface area contributed by atoms with Crippen molar-refractivity contribution >= 4 is 23.8 Å². The summed E-state index contributed by atoms with van der Waals surface area (Å²) in [5, 5.41) is 5.55. The maximum absolute atomic E-state index is 12.6. The maximum Gasteiger partial charge on any atom is 0.408 e. The Morgan fingerprint density at radius 1 is 1.26 bits per heavy atom. The number of nitrogens with one attached hydrogen (secondary N) is 2. The second kappa shape index (κ2) is 9.71. The summed E-state index contributed by atoms with van der Waals surface area (Å²) in [5.74, 6) is 3.14. The third-order valence-corrected chi connectivity index (χ3v) is 4.11. The number of terminal acetylenes is 1. The van der Waals surface area contributed by atoms with Gasteiger partial charge < -0.3 is 15.4 Å². The van der Waals surface area contributed by atoms with Crippen molar-refractivity contribution < 1.29 is 14.3 Å². The van der Waals surface area contributed by atoms with E-state index in [1.54, 1.807) is 32.5 Å². The highest BCUT2D eigenvalue weighted by Crippen LogP contribution is 2.15. The fourth-order valence-electron chi connectivity index (χ4n) is 1.94. The van der Waals surface area contributed by atoms with Gasteiger partial charge in [0.05, 0.1) is 0 Å². The number of ether oxygens (including phenoxy) is 1. The van der Waals surface area contributed by atoms with Gasteiger partial charge in [0.15, 0.2) is 0 Å². The van der Waals surface area contributed by atoms with Gasteiger partial charge >= 0.3 is 6.09 Å². The zero-order valence-corrected chi connectivity index (χ0v) is 15.9. The van der Waals surface area contributed by atoms with Gasteiger partial charge in [0.1, 0.15) is 17.2 Å². The first kappa shape index (κ1) is 21.6. The van der Waals surface area contributed by atoms with Crippen LogP contribution in [0.3, 0.4) is 0 Å². The van der Waals surface area contributed by atoms with Gasteiger partial charge in [0.2, 0.25) is 5.91 Å². The van der Waals surface area contributed by atoms with Crippen molar-refractivity contribution in [1.82, 2.24) is 10.6 Å². The van der Waals surface area contributed by atoms with Gasteiger partial charge in [-0.3, -0.25) is 4.79 Å². The summed E-state index contributed by atoms with van der Waals surface area (Å²) in [5.41, 5.74) is -1.29. The first-order valence-electron chi connectivity index (χ1n) is 7.91. The molecule has 0 rings (SSSR count). The maximum atomic E-state index is 12.6. The molecule has 0 fully saturated rings. The van der Waals surface area contributed by atoms with E-state index in [0.29, 0.717) is 19.3 Å². The van der Waals surface area contributed by atoms with Crippen LogP contribution in [-0.2, 0) is 9.53 Å². The lowest BCUT2D eigenvalue weighted by Gasteiger charge is -2.30. The van der Waals surface area contributed by atoms with Gasteiger partial charge in [-0.1, -0.05) is 19.8 Å². The Balaban J connectivity index is 4.99. The van der Waals surface area contributed by atoms with Crippen molar-refractivity contribution in [1.29, 1.82) is 0 Å². The molecule has 0 unspecified atom stereocenters. The topological polar surface area (TPSA) is 67.4 Å². The first-order chi connectivity index (χ1) is 10.6. The molecule has 1 atom stereocenters. The van der Waals surface area contributed by atoms with Crippen LogP contribution in [0.1, 0.15) is 53.9 Å². The highest BCUT2D eigenvalue weighted by atomic mass is 32.2. The van der Waals surface area contributed by atoms with Gasteiger partial charge in [-0.25, -0.2) is 4.79 Å². The molecule has 0 aromatic heterocycles. The van der Waals surface area contributed by atoms with Crippen LogP contribution in [0.5, 0.6) is 0 Å². The second-order valence-electron chi connectivity index (χ2n) is 6.40. The van der Waals surface area contributed by atoms with Gasteiger partial charge in [-0.15, -0.1) is 6.42 Å². The molecule has 0 spiro atoms. The molecule has 0 aromatic rings. The molecule has 2 N–H and O–H groups in total. The lowest BCUT2D eigenvalue weighted by Crippen LogP contribution is -2.55. The molecule has 0 aliphatic rings. The third kappa shape index (κ3) is 8.17. The van der Waals surface area contributed by atoms with Crippen molar-refractivity contribution in [2.75, 3.05) is 12.0 Å². The van der Waals surface area contributed by atoms with Crippen molar-refractivity contribution in [3.8, 4) is 12.3 Å². The van der Waals surface area contributed by atoms with Crippen LogP contribution >= 0.6 is 11.8 Å². The number of carbonyl (C=O) groups is 2. The number of alkyl carbamates (subject to hydrolysis) is 1. The van der Waals surface area contributed by atoms with Crippen molar-refractivity contribution in [2.24, 2.45) is 0 Å². The zero-order chi connectivity index (χ0) is 18.1. The van der Waals surface area contributed by atoms with E-state index in [2.05, 4.69) is 16.6 Å². The molecular formula is C17H30N2O3S. The molecule has 0 saturated carbocycles. The Bertz CT molecular complexity index is 434. The summed E-state index contributed by atoms with van der Waals surface area (Å²) >= 11 is 1.61. The number of rotatable bonds is 8. The highest BCUT2D eigenvalue weighted by Gasteiger charge is 2.30. The standard InChI is InChI=1S/C17H30N2O3S/c1-8-17(9-2,10-3)19-14(20)13(11-12-23-7)18-15(21)22-16(4,5)6/h1,13H,9-12H2,2-7H3,(H,18,21)(H,19,20)/t13-/m0/s1. The summed E-state index contributed by atoms with van der Waals surface area (Å²) in [7, 11) is 0. The van der Waals surface area contributed by atoms with Gasteiger partial charge in [-0.2, -0.15) is 11.8 Å². The summed E-state index contributed by atoms with van der Waals surface area (Å²) in [6.07, 6.45) is 8.71. The lowest BCUT2D eigenvalue weighted by atomic mass is 9.93. The molecule has 0 aliphatic heterocycles. The Morgan fingerprint density at radius 2 is 1.83 bits per heavy atom. The van der Waals surface area contributed by atoms with Crippen LogP contribution in [0, 0.1) is 12.3 Å². The predicted octanol–water partition coefficient (Wildman–Crippen LogP) is 2.94. The highest BCUT2D eigenvalue weighted by molar-refractivity contribution is 7.98. The predicted molar refractivity (Wildman–Crippen MR) is 96.4 cm³/mol. The number of amides is 2. The van der Waals surface area contributed by atoms with Crippen LogP contribution < -0.4 is 10.6 Å². The van der Waals surface area contributed by atoms with Gasteiger partial charge in [0, 0.05) is 0 Å². The smallest absolute Gasteiger partial charge is 0.408 e. The summed E-state index contributed by atoms with van der Waals surface area (Å²) in [6.45, 7) is 9.20. The fourth-order valence-corrected chi connectivity index (χ4v) is 2.42. The molecule has 0 radical (unpaired) electrons. The Kier molecular flexibility index (Phi) is 9.14. The van der Waals surface area contributed by atoms with E-state index in [0.717, 1.165) is 5.75 Å². The van der Waals surface area contributed by atoms with Crippen LogP contribution in [0.2, 0.25) is 0 Å². The normalized spacial score (nSPS) is 12.9. The molecule has 6 heteroatoms. The summed E-state index contributed by atoms with van der Waals surface area (Å²) < 4.78 is 5.23. The van der Waals surface area contributed by atoms with Crippen LogP contribution in [0.4, 0.5) is 4.79 Å². The molecule has 23 heavy (non-hydrogen) atoms.